The van der Waals surface area contributed by atoms with Crippen molar-refractivity contribution >= 4 is 17.5 Å². The monoisotopic (exact) mass is 235 g/mol. The molecule has 0 spiro atoms. The van der Waals surface area contributed by atoms with Gasteiger partial charge in [0, 0.05) is 19.6 Å². The number of nitrogens with one attached hydrogen (secondary N) is 1. The van der Waals surface area contributed by atoms with Crippen LogP contribution in [0.3, 0.4) is 0 Å². The first-order chi connectivity index (χ1) is 8.20. The molecule has 0 radical (unpaired) electrons. The Morgan fingerprint density at radius 2 is 2.47 bits per heavy atom. The molecule has 0 bridgehead atoms. The summed E-state index contributed by atoms with van der Waals surface area (Å²) >= 11 is 0. The van der Waals surface area contributed by atoms with Gasteiger partial charge in [0.25, 0.3) is 0 Å². The molecule has 1 saturated heterocycles. The molecular formula is C11H17N5O. The van der Waals surface area contributed by atoms with E-state index in [1.807, 2.05) is 11.8 Å². The molecule has 0 aliphatic carbocycles. The zero-order valence-electron chi connectivity index (χ0n) is 9.89. The molecule has 1 aromatic rings. The Bertz CT molecular complexity index is 409. The van der Waals surface area contributed by atoms with Crippen LogP contribution in [0.1, 0.15) is 13.3 Å². The van der Waals surface area contributed by atoms with Gasteiger partial charge >= 0.3 is 0 Å². The Morgan fingerprint density at radius 3 is 3.12 bits per heavy atom. The van der Waals surface area contributed by atoms with Crippen LogP contribution in [-0.2, 0) is 4.79 Å². The second-order valence-corrected chi connectivity index (χ2v) is 4.13. The maximum absolute atomic E-state index is 11.1. The first kappa shape index (κ1) is 11.6. The molecule has 2 heterocycles. The Morgan fingerprint density at radius 1 is 1.65 bits per heavy atom. The average molecular weight is 235 g/mol. The van der Waals surface area contributed by atoms with Gasteiger partial charge in [-0.3, -0.25) is 9.78 Å². The van der Waals surface area contributed by atoms with Crippen LogP contribution in [-0.4, -0.2) is 35.5 Å². The zero-order valence-corrected chi connectivity index (χ0v) is 9.89. The Hall–Kier alpha value is -1.85. The maximum Gasteiger partial charge on any atom is 0.222 e. The van der Waals surface area contributed by atoms with Gasteiger partial charge in [-0.2, -0.15) is 0 Å². The molecule has 1 unspecified atom stereocenters. The van der Waals surface area contributed by atoms with E-state index >= 15 is 0 Å². The summed E-state index contributed by atoms with van der Waals surface area (Å²) in [4.78, 5) is 21.7. The van der Waals surface area contributed by atoms with Gasteiger partial charge in [0.2, 0.25) is 5.91 Å². The molecule has 1 atom stereocenters. The van der Waals surface area contributed by atoms with Gasteiger partial charge < -0.3 is 16.0 Å². The molecule has 2 rings (SSSR count). The Kier molecular flexibility index (Phi) is 3.41. The number of amides is 1. The summed E-state index contributed by atoms with van der Waals surface area (Å²) in [6, 6.07) is 0. The molecule has 1 aliphatic heterocycles. The molecule has 6 nitrogen and oxygen atoms in total. The van der Waals surface area contributed by atoms with Crippen molar-refractivity contribution in [3.8, 4) is 0 Å². The summed E-state index contributed by atoms with van der Waals surface area (Å²) in [6.07, 6.45) is 4.20. The fourth-order valence-electron chi connectivity index (χ4n) is 1.97. The quantitative estimate of drug-likeness (QED) is 0.780. The minimum absolute atomic E-state index is 0.0698. The first-order valence-corrected chi connectivity index (χ1v) is 5.81. The molecule has 92 valence electrons. The largest absolute Gasteiger partial charge is 0.369 e. The van der Waals surface area contributed by atoms with Crippen molar-refractivity contribution in [3.05, 3.63) is 12.4 Å². The van der Waals surface area contributed by atoms with E-state index in [0.717, 1.165) is 31.1 Å². The molecule has 3 N–H and O–H groups in total. The molecule has 1 aromatic heterocycles. The fraction of sp³-hybridized carbons (Fsp3) is 0.545. The van der Waals surface area contributed by atoms with Crippen LogP contribution >= 0.6 is 0 Å². The van der Waals surface area contributed by atoms with Gasteiger partial charge in [0.1, 0.15) is 11.6 Å². The number of nitrogens with zero attached hydrogens (tertiary/aromatic N) is 3. The summed E-state index contributed by atoms with van der Waals surface area (Å²) in [6.45, 7) is 4.26. The fourth-order valence-corrected chi connectivity index (χ4v) is 1.97. The minimum atomic E-state index is -0.233. The molecular weight excluding hydrogens is 218 g/mol. The van der Waals surface area contributed by atoms with Crippen molar-refractivity contribution in [2.75, 3.05) is 29.9 Å². The number of rotatable bonds is 4. The van der Waals surface area contributed by atoms with Crippen molar-refractivity contribution in [1.29, 1.82) is 0 Å². The number of nitrogens with two attached hydrogens (primary N) is 1. The van der Waals surface area contributed by atoms with Gasteiger partial charge in [0.15, 0.2) is 0 Å². The van der Waals surface area contributed by atoms with Crippen LogP contribution < -0.4 is 16.0 Å². The highest BCUT2D eigenvalue weighted by Gasteiger charge is 2.27. The van der Waals surface area contributed by atoms with Crippen LogP contribution in [0.5, 0.6) is 0 Å². The van der Waals surface area contributed by atoms with Gasteiger partial charge in [0.05, 0.1) is 18.3 Å². The molecule has 1 aliphatic rings. The molecule has 17 heavy (non-hydrogen) atoms. The summed E-state index contributed by atoms with van der Waals surface area (Å²) < 4.78 is 0. The summed E-state index contributed by atoms with van der Waals surface area (Å²) in [5.41, 5.74) is 5.30. The van der Waals surface area contributed by atoms with Crippen LogP contribution in [0, 0.1) is 5.92 Å². The van der Waals surface area contributed by atoms with Gasteiger partial charge in [-0.25, -0.2) is 4.98 Å². The molecule has 0 saturated carbocycles. The standard InChI is InChI=1S/C11H17N5O/c1-2-14-9-5-13-6-10(15-9)16-4-3-8(7-16)11(12)17/h5-6,8H,2-4,7H2,1H3,(H2,12,17)(H,14,15). The predicted octanol–water partition coefficient (Wildman–Crippen LogP) is 0.220. The SMILES string of the molecule is CCNc1cncc(N2CCC(C(N)=O)C2)n1. The van der Waals surface area contributed by atoms with Gasteiger partial charge in [-0.05, 0) is 13.3 Å². The van der Waals surface area contributed by atoms with Crippen LogP contribution in [0.15, 0.2) is 12.4 Å². The van der Waals surface area contributed by atoms with E-state index in [2.05, 4.69) is 15.3 Å². The lowest BCUT2D eigenvalue weighted by molar-refractivity contribution is -0.121. The summed E-state index contributed by atoms with van der Waals surface area (Å²) in [5.74, 6) is 1.25. The van der Waals surface area contributed by atoms with E-state index in [1.165, 1.54) is 0 Å². The second-order valence-electron chi connectivity index (χ2n) is 4.13. The van der Waals surface area contributed by atoms with E-state index in [-0.39, 0.29) is 11.8 Å². The third-order valence-corrected chi connectivity index (χ3v) is 2.89. The third kappa shape index (κ3) is 2.64. The van der Waals surface area contributed by atoms with Crippen molar-refractivity contribution in [1.82, 2.24) is 9.97 Å². The van der Waals surface area contributed by atoms with E-state index in [1.54, 1.807) is 12.4 Å². The lowest BCUT2D eigenvalue weighted by atomic mass is 10.1. The van der Waals surface area contributed by atoms with Crippen LogP contribution in [0.2, 0.25) is 0 Å². The second kappa shape index (κ2) is 4.99. The molecule has 1 amide bonds. The third-order valence-electron chi connectivity index (χ3n) is 2.89. The number of carbonyl (C=O) groups excluding carboxylic acids is 1. The van der Waals surface area contributed by atoms with E-state index < -0.39 is 0 Å². The number of hydrogen-bond donors (Lipinski definition) is 2. The summed E-state index contributed by atoms with van der Waals surface area (Å²) in [5, 5.41) is 3.11. The lowest BCUT2D eigenvalue weighted by Gasteiger charge is -2.17. The van der Waals surface area contributed by atoms with Gasteiger partial charge in [-0.1, -0.05) is 0 Å². The van der Waals surface area contributed by atoms with Crippen LogP contribution in [0.4, 0.5) is 11.6 Å². The van der Waals surface area contributed by atoms with Crippen molar-refractivity contribution in [2.45, 2.75) is 13.3 Å². The number of primary amides is 1. The lowest BCUT2D eigenvalue weighted by Crippen LogP contribution is -2.27. The highest BCUT2D eigenvalue weighted by Crippen LogP contribution is 2.22. The Balaban J connectivity index is 2.08. The van der Waals surface area contributed by atoms with Crippen molar-refractivity contribution in [2.24, 2.45) is 11.7 Å². The highest BCUT2D eigenvalue weighted by molar-refractivity contribution is 5.78. The average Bonchev–Trinajstić information content (AvgIpc) is 2.79. The Labute approximate surface area is 100 Å². The first-order valence-electron chi connectivity index (χ1n) is 5.81. The molecule has 6 heteroatoms. The van der Waals surface area contributed by atoms with E-state index in [9.17, 15) is 4.79 Å². The van der Waals surface area contributed by atoms with E-state index in [4.69, 9.17) is 5.73 Å². The summed E-state index contributed by atoms with van der Waals surface area (Å²) in [7, 11) is 0. The number of aromatic nitrogens is 2. The smallest absolute Gasteiger partial charge is 0.222 e. The van der Waals surface area contributed by atoms with Gasteiger partial charge in [-0.15, -0.1) is 0 Å². The highest BCUT2D eigenvalue weighted by atomic mass is 16.1. The van der Waals surface area contributed by atoms with E-state index in [0.29, 0.717) is 6.54 Å². The van der Waals surface area contributed by atoms with Crippen molar-refractivity contribution < 1.29 is 4.79 Å². The number of carbonyl (C=O) groups is 1. The molecule has 0 aromatic carbocycles. The number of hydrogen-bond acceptors (Lipinski definition) is 5. The molecule has 1 fully saturated rings. The zero-order chi connectivity index (χ0) is 12.3. The topological polar surface area (TPSA) is 84.1 Å². The normalized spacial score (nSPS) is 19.4. The minimum Gasteiger partial charge on any atom is -0.369 e. The van der Waals surface area contributed by atoms with Crippen LogP contribution in [0.25, 0.3) is 0 Å². The predicted molar refractivity (Wildman–Crippen MR) is 65.7 cm³/mol. The number of anilines is 2. The van der Waals surface area contributed by atoms with Crippen molar-refractivity contribution in [3.63, 3.8) is 0 Å². The maximum atomic E-state index is 11.1.